The molecule has 0 aromatic carbocycles. The summed E-state index contributed by atoms with van der Waals surface area (Å²) in [6.07, 6.45) is 6.06. The SMILES string of the molecule is CCNCC1CCC(CN(C)CC2CCN(C)CC2)O1. The average Bonchev–Trinajstić information content (AvgIpc) is 2.86. The van der Waals surface area contributed by atoms with Gasteiger partial charge in [-0.15, -0.1) is 0 Å². The Morgan fingerprint density at radius 2 is 1.80 bits per heavy atom. The van der Waals surface area contributed by atoms with E-state index >= 15 is 0 Å². The first-order valence-electron chi connectivity index (χ1n) is 8.40. The van der Waals surface area contributed by atoms with Crippen LogP contribution in [0, 0.1) is 5.92 Å². The third-order valence-corrected chi connectivity index (χ3v) is 4.74. The third kappa shape index (κ3) is 5.32. The minimum atomic E-state index is 0.441. The summed E-state index contributed by atoms with van der Waals surface area (Å²) in [5.74, 6) is 0.884. The molecule has 4 nitrogen and oxygen atoms in total. The fourth-order valence-corrected chi connectivity index (χ4v) is 3.48. The van der Waals surface area contributed by atoms with Crippen LogP contribution in [0.15, 0.2) is 0 Å². The summed E-state index contributed by atoms with van der Waals surface area (Å²) in [6.45, 7) is 9.10. The zero-order valence-corrected chi connectivity index (χ0v) is 13.6. The fourth-order valence-electron chi connectivity index (χ4n) is 3.48. The zero-order valence-electron chi connectivity index (χ0n) is 13.6. The molecule has 2 aliphatic rings. The summed E-state index contributed by atoms with van der Waals surface area (Å²) in [6, 6.07) is 0. The molecule has 2 rings (SSSR count). The molecule has 2 atom stereocenters. The Hall–Kier alpha value is -0.160. The van der Waals surface area contributed by atoms with Gasteiger partial charge in [0.25, 0.3) is 0 Å². The van der Waals surface area contributed by atoms with Gasteiger partial charge < -0.3 is 19.9 Å². The highest BCUT2D eigenvalue weighted by Crippen LogP contribution is 2.21. The second-order valence-corrected chi connectivity index (χ2v) is 6.73. The number of likely N-dealkylation sites (tertiary alicyclic amines) is 1. The van der Waals surface area contributed by atoms with Gasteiger partial charge in [-0.3, -0.25) is 0 Å². The quantitative estimate of drug-likeness (QED) is 0.765. The number of hydrogen-bond acceptors (Lipinski definition) is 4. The van der Waals surface area contributed by atoms with Crippen molar-refractivity contribution in [1.82, 2.24) is 15.1 Å². The van der Waals surface area contributed by atoms with Crippen molar-refractivity contribution in [2.24, 2.45) is 5.92 Å². The van der Waals surface area contributed by atoms with Crippen LogP contribution in [0.25, 0.3) is 0 Å². The van der Waals surface area contributed by atoms with Crippen LogP contribution >= 0.6 is 0 Å². The van der Waals surface area contributed by atoms with Crippen LogP contribution in [0.2, 0.25) is 0 Å². The highest BCUT2D eigenvalue weighted by molar-refractivity contribution is 4.79. The standard InChI is InChI=1S/C16H33N3O/c1-4-17-11-15-5-6-16(20-15)13-19(3)12-14-7-9-18(2)10-8-14/h14-17H,4-13H2,1-3H3. The third-order valence-electron chi connectivity index (χ3n) is 4.74. The first-order chi connectivity index (χ1) is 9.67. The Labute approximate surface area is 124 Å². The maximum absolute atomic E-state index is 6.13. The summed E-state index contributed by atoms with van der Waals surface area (Å²) in [7, 11) is 4.50. The molecule has 1 N–H and O–H groups in total. The van der Waals surface area contributed by atoms with Gasteiger partial charge in [-0.2, -0.15) is 0 Å². The summed E-state index contributed by atoms with van der Waals surface area (Å²) in [5, 5.41) is 3.39. The molecule has 2 saturated heterocycles. The minimum Gasteiger partial charge on any atom is -0.372 e. The average molecular weight is 283 g/mol. The molecule has 0 amide bonds. The number of ether oxygens (including phenoxy) is 1. The van der Waals surface area contributed by atoms with Gasteiger partial charge in [-0.1, -0.05) is 6.92 Å². The fraction of sp³-hybridized carbons (Fsp3) is 1.00. The summed E-state index contributed by atoms with van der Waals surface area (Å²) < 4.78 is 6.13. The van der Waals surface area contributed by atoms with Crippen LogP contribution in [0.5, 0.6) is 0 Å². The van der Waals surface area contributed by atoms with Gasteiger partial charge in [0.1, 0.15) is 0 Å². The largest absolute Gasteiger partial charge is 0.372 e. The minimum absolute atomic E-state index is 0.441. The molecule has 0 bridgehead atoms. The predicted molar refractivity (Wildman–Crippen MR) is 84.2 cm³/mol. The molecular formula is C16H33N3O. The maximum atomic E-state index is 6.13. The van der Waals surface area contributed by atoms with E-state index in [1.54, 1.807) is 0 Å². The lowest BCUT2D eigenvalue weighted by molar-refractivity contribution is 0.0240. The molecule has 2 aliphatic heterocycles. The van der Waals surface area contributed by atoms with E-state index in [-0.39, 0.29) is 0 Å². The number of nitrogens with zero attached hydrogens (tertiary/aromatic N) is 2. The number of rotatable bonds is 7. The molecule has 0 aromatic rings. The van der Waals surface area contributed by atoms with Crippen LogP contribution in [0.1, 0.15) is 32.6 Å². The Morgan fingerprint density at radius 1 is 1.10 bits per heavy atom. The van der Waals surface area contributed by atoms with Gasteiger partial charge in [0.2, 0.25) is 0 Å². The monoisotopic (exact) mass is 283 g/mol. The van der Waals surface area contributed by atoms with E-state index in [1.807, 2.05) is 0 Å². The Bertz CT molecular complexity index is 266. The van der Waals surface area contributed by atoms with E-state index in [2.05, 4.69) is 36.1 Å². The topological polar surface area (TPSA) is 27.7 Å². The molecular weight excluding hydrogens is 250 g/mol. The lowest BCUT2D eigenvalue weighted by Crippen LogP contribution is -2.38. The Kier molecular flexibility index (Phi) is 6.75. The summed E-state index contributed by atoms with van der Waals surface area (Å²) in [4.78, 5) is 4.94. The molecule has 4 heteroatoms. The molecule has 2 unspecified atom stereocenters. The number of piperidine rings is 1. The van der Waals surface area contributed by atoms with E-state index < -0.39 is 0 Å². The van der Waals surface area contributed by atoms with Crippen LogP contribution in [-0.4, -0.2) is 75.4 Å². The maximum Gasteiger partial charge on any atom is 0.0707 e. The first-order valence-corrected chi connectivity index (χ1v) is 8.40. The van der Waals surface area contributed by atoms with E-state index in [1.165, 1.54) is 45.3 Å². The van der Waals surface area contributed by atoms with Gasteiger partial charge in [-0.25, -0.2) is 0 Å². The van der Waals surface area contributed by atoms with Crippen molar-refractivity contribution < 1.29 is 4.74 Å². The summed E-state index contributed by atoms with van der Waals surface area (Å²) >= 11 is 0. The smallest absolute Gasteiger partial charge is 0.0707 e. The highest BCUT2D eigenvalue weighted by Gasteiger charge is 2.26. The second kappa shape index (κ2) is 8.32. The van der Waals surface area contributed by atoms with Gasteiger partial charge in [0.05, 0.1) is 12.2 Å². The molecule has 0 aliphatic carbocycles. The summed E-state index contributed by atoms with van der Waals surface area (Å²) in [5.41, 5.74) is 0. The second-order valence-electron chi connectivity index (χ2n) is 6.73. The van der Waals surface area contributed by atoms with Crippen molar-refractivity contribution >= 4 is 0 Å². The predicted octanol–water partition coefficient (Wildman–Crippen LogP) is 1.42. The van der Waals surface area contributed by atoms with Gasteiger partial charge in [0.15, 0.2) is 0 Å². The van der Waals surface area contributed by atoms with Crippen molar-refractivity contribution in [3.63, 3.8) is 0 Å². The lowest BCUT2D eigenvalue weighted by Gasteiger charge is -2.32. The Morgan fingerprint density at radius 3 is 2.50 bits per heavy atom. The van der Waals surface area contributed by atoms with Gasteiger partial charge >= 0.3 is 0 Å². The molecule has 118 valence electrons. The van der Waals surface area contributed by atoms with Crippen molar-refractivity contribution in [3.8, 4) is 0 Å². The zero-order chi connectivity index (χ0) is 14.4. The van der Waals surface area contributed by atoms with Crippen molar-refractivity contribution in [2.45, 2.75) is 44.8 Å². The van der Waals surface area contributed by atoms with E-state index in [9.17, 15) is 0 Å². The lowest BCUT2D eigenvalue weighted by atomic mass is 9.96. The molecule has 20 heavy (non-hydrogen) atoms. The molecule has 0 aromatic heterocycles. The number of hydrogen-bond donors (Lipinski definition) is 1. The molecule has 2 heterocycles. The molecule has 0 radical (unpaired) electrons. The van der Waals surface area contributed by atoms with Crippen molar-refractivity contribution in [1.29, 1.82) is 0 Å². The van der Waals surface area contributed by atoms with Crippen LogP contribution < -0.4 is 5.32 Å². The van der Waals surface area contributed by atoms with Crippen LogP contribution in [0.4, 0.5) is 0 Å². The normalized spacial score (nSPS) is 29.4. The number of nitrogens with one attached hydrogen (secondary N) is 1. The van der Waals surface area contributed by atoms with Gasteiger partial charge in [0, 0.05) is 19.6 Å². The highest BCUT2D eigenvalue weighted by atomic mass is 16.5. The molecule has 2 fully saturated rings. The van der Waals surface area contributed by atoms with Crippen molar-refractivity contribution in [2.75, 3.05) is 53.4 Å². The van der Waals surface area contributed by atoms with Crippen LogP contribution in [-0.2, 0) is 4.74 Å². The molecule has 0 saturated carbocycles. The number of likely N-dealkylation sites (N-methyl/N-ethyl adjacent to an activating group) is 2. The first kappa shape index (κ1) is 16.2. The van der Waals surface area contributed by atoms with E-state index in [4.69, 9.17) is 4.74 Å². The van der Waals surface area contributed by atoms with Crippen LogP contribution in [0.3, 0.4) is 0 Å². The Balaban J connectivity index is 1.61. The van der Waals surface area contributed by atoms with Crippen molar-refractivity contribution in [3.05, 3.63) is 0 Å². The molecule has 0 spiro atoms. The van der Waals surface area contributed by atoms with E-state index in [0.29, 0.717) is 12.2 Å². The van der Waals surface area contributed by atoms with Gasteiger partial charge in [-0.05, 0) is 65.3 Å². The van der Waals surface area contributed by atoms with E-state index in [0.717, 1.165) is 25.6 Å².